The Morgan fingerprint density at radius 1 is 1.03 bits per heavy atom. The van der Waals surface area contributed by atoms with Crippen LogP contribution < -0.4 is 21.3 Å². The molecule has 0 aliphatic carbocycles. The molecule has 5 rings (SSSR count). The molecule has 3 heterocycles. The van der Waals surface area contributed by atoms with Crippen molar-refractivity contribution < 1.29 is 24.5 Å². The number of nitrogens with two attached hydrogens (primary N) is 2. The molecule has 152 valence electrons. The molecule has 8 nitrogen and oxygen atoms in total. The second-order valence-electron chi connectivity index (χ2n) is 8.06. The van der Waals surface area contributed by atoms with E-state index in [9.17, 15) is 19.2 Å². The van der Waals surface area contributed by atoms with Gasteiger partial charge in [-0.2, -0.15) is 0 Å². The lowest BCUT2D eigenvalue weighted by Gasteiger charge is -2.26. The van der Waals surface area contributed by atoms with E-state index in [0.29, 0.717) is 23.4 Å². The van der Waals surface area contributed by atoms with Gasteiger partial charge in [0.15, 0.2) is 0 Å². The fraction of sp³-hybridized carbons (Fsp3) is 0.273. The highest BCUT2D eigenvalue weighted by Crippen LogP contribution is 2.50. The van der Waals surface area contributed by atoms with Gasteiger partial charge in [-0.3, -0.25) is 19.2 Å². The lowest BCUT2D eigenvalue weighted by molar-refractivity contribution is -0.733. The first-order valence-corrected chi connectivity index (χ1v) is 9.93. The van der Waals surface area contributed by atoms with Crippen LogP contribution in [0, 0.1) is 11.8 Å². The van der Waals surface area contributed by atoms with Gasteiger partial charge in [-0.25, -0.2) is 4.90 Å². The number of primary amides is 1. The Hall–Kier alpha value is -3.52. The van der Waals surface area contributed by atoms with E-state index in [1.807, 2.05) is 23.5 Å². The normalized spacial score (nSPS) is 29.3. The molecule has 5 N–H and O–H groups in total. The van der Waals surface area contributed by atoms with E-state index in [-0.39, 0.29) is 24.1 Å². The van der Waals surface area contributed by atoms with Gasteiger partial charge in [0.2, 0.25) is 23.3 Å². The third-order valence-electron chi connectivity index (χ3n) is 6.52. The minimum Gasteiger partial charge on any atom is -0.370 e. The number of nitrogens with one attached hydrogen (secondary N) is 1. The van der Waals surface area contributed by atoms with Crippen LogP contribution in [0.25, 0.3) is 0 Å². The van der Waals surface area contributed by atoms with E-state index in [1.165, 1.54) is 4.90 Å². The molecule has 2 saturated heterocycles. The molecular formula is C22H21N4O4+. The predicted octanol–water partition coefficient (Wildman–Crippen LogP) is -0.149. The number of para-hydroxylation sites is 2. The predicted molar refractivity (Wildman–Crippen MR) is 107 cm³/mol. The van der Waals surface area contributed by atoms with E-state index in [1.54, 1.807) is 36.4 Å². The standard InChI is InChI=1S/C22H20N4O4/c23-16(27)11-10-15-17-18(20(29)26(19(17)28)12-6-2-1-3-7-12)22(25-15)13-8-4-5-9-14(13)24-21(22)30/h1-9,15,17-18,25H,10-11H2,(H2,23,27)(H,24,30)/p+1/t15-,17+,18-,22+/m1/s1. The molecule has 4 amide bonds. The molecule has 0 unspecified atom stereocenters. The summed E-state index contributed by atoms with van der Waals surface area (Å²) in [6.07, 6.45) is 0.395. The van der Waals surface area contributed by atoms with Gasteiger partial charge in [0.1, 0.15) is 17.9 Å². The van der Waals surface area contributed by atoms with E-state index >= 15 is 0 Å². The average Bonchev–Trinajstić information content (AvgIpc) is 3.32. The molecule has 1 spiro atoms. The minimum absolute atomic E-state index is 0.0799. The van der Waals surface area contributed by atoms with Crippen molar-refractivity contribution in [2.24, 2.45) is 17.6 Å². The van der Waals surface area contributed by atoms with Crippen molar-refractivity contribution in [3.63, 3.8) is 0 Å². The van der Waals surface area contributed by atoms with E-state index < -0.39 is 29.3 Å². The summed E-state index contributed by atoms with van der Waals surface area (Å²) in [5.41, 5.74) is 5.93. The molecule has 2 aromatic carbocycles. The monoisotopic (exact) mass is 405 g/mol. The van der Waals surface area contributed by atoms with Crippen LogP contribution in [0.4, 0.5) is 11.4 Å². The zero-order chi connectivity index (χ0) is 21.0. The van der Waals surface area contributed by atoms with Gasteiger partial charge in [-0.15, -0.1) is 0 Å². The summed E-state index contributed by atoms with van der Waals surface area (Å²) in [6, 6.07) is 15.6. The summed E-state index contributed by atoms with van der Waals surface area (Å²) in [6.45, 7) is 0. The largest absolute Gasteiger partial charge is 0.370 e. The number of fused-ring (bicyclic) bond motifs is 4. The SMILES string of the molecule is NC(=O)CC[C@H]1[NH2+][C@]2(C(=O)Nc3ccccc32)[C@H]2C(=O)N(c3ccccc3)C(=O)[C@@H]12. The second-order valence-corrected chi connectivity index (χ2v) is 8.06. The Bertz CT molecular complexity index is 1090. The molecule has 30 heavy (non-hydrogen) atoms. The third kappa shape index (κ3) is 2.37. The Labute approximate surface area is 172 Å². The number of hydrogen-bond acceptors (Lipinski definition) is 4. The number of amides is 4. The van der Waals surface area contributed by atoms with Gasteiger partial charge < -0.3 is 16.4 Å². The second kappa shape index (κ2) is 6.50. The number of anilines is 2. The Morgan fingerprint density at radius 2 is 1.73 bits per heavy atom. The summed E-state index contributed by atoms with van der Waals surface area (Å²) in [7, 11) is 0. The van der Waals surface area contributed by atoms with Crippen molar-refractivity contribution in [2.45, 2.75) is 24.4 Å². The van der Waals surface area contributed by atoms with Gasteiger partial charge in [0.05, 0.1) is 11.4 Å². The third-order valence-corrected chi connectivity index (χ3v) is 6.52. The summed E-state index contributed by atoms with van der Waals surface area (Å²) in [4.78, 5) is 52.9. The number of hydrogen-bond donors (Lipinski definition) is 3. The maximum atomic E-state index is 13.6. The van der Waals surface area contributed by atoms with Crippen LogP contribution in [-0.2, 0) is 24.7 Å². The summed E-state index contributed by atoms with van der Waals surface area (Å²) < 4.78 is 0. The molecule has 0 saturated carbocycles. The zero-order valence-corrected chi connectivity index (χ0v) is 16.1. The van der Waals surface area contributed by atoms with Crippen molar-refractivity contribution in [2.75, 3.05) is 10.2 Å². The van der Waals surface area contributed by atoms with Crippen molar-refractivity contribution in [1.29, 1.82) is 0 Å². The van der Waals surface area contributed by atoms with E-state index in [2.05, 4.69) is 5.32 Å². The van der Waals surface area contributed by atoms with Crippen LogP contribution in [0.1, 0.15) is 18.4 Å². The lowest BCUT2D eigenvalue weighted by Crippen LogP contribution is -2.99. The van der Waals surface area contributed by atoms with E-state index in [4.69, 9.17) is 5.73 Å². The van der Waals surface area contributed by atoms with Crippen LogP contribution in [0.5, 0.6) is 0 Å². The van der Waals surface area contributed by atoms with E-state index in [0.717, 1.165) is 0 Å². The minimum atomic E-state index is -1.24. The number of carbonyl (C=O) groups excluding carboxylic acids is 4. The van der Waals surface area contributed by atoms with Crippen LogP contribution in [-0.4, -0.2) is 29.7 Å². The highest BCUT2D eigenvalue weighted by Gasteiger charge is 2.74. The van der Waals surface area contributed by atoms with Crippen molar-refractivity contribution in [3.05, 3.63) is 60.2 Å². The topological polar surface area (TPSA) is 126 Å². The van der Waals surface area contributed by atoms with Gasteiger partial charge in [-0.05, 0) is 18.2 Å². The molecule has 8 heteroatoms. The maximum Gasteiger partial charge on any atom is 0.291 e. The lowest BCUT2D eigenvalue weighted by atomic mass is 9.76. The summed E-state index contributed by atoms with van der Waals surface area (Å²) >= 11 is 0. The molecule has 3 aliphatic heterocycles. The fourth-order valence-corrected chi connectivity index (χ4v) is 5.32. The molecule has 2 fully saturated rings. The Morgan fingerprint density at radius 3 is 2.47 bits per heavy atom. The first-order valence-electron chi connectivity index (χ1n) is 9.93. The molecule has 4 atom stereocenters. The highest BCUT2D eigenvalue weighted by molar-refractivity contribution is 6.25. The van der Waals surface area contributed by atoms with Gasteiger partial charge in [0, 0.05) is 18.4 Å². The summed E-state index contributed by atoms with van der Waals surface area (Å²) in [5, 5.41) is 4.68. The number of nitrogens with zero attached hydrogens (tertiary/aromatic N) is 1. The van der Waals surface area contributed by atoms with Crippen LogP contribution in [0.3, 0.4) is 0 Å². The number of benzene rings is 2. The van der Waals surface area contributed by atoms with Crippen LogP contribution in [0.2, 0.25) is 0 Å². The van der Waals surface area contributed by atoms with Gasteiger partial charge in [0.25, 0.3) is 5.91 Å². The fourth-order valence-electron chi connectivity index (χ4n) is 5.32. The quantitative estimate of drug-likeness (QED) is 0.612. The van der Waals surface area contributed by atoms with Crippen molar-refractivity contribution >= 4 is 35.0 Å². The Kier molecular flexibility index (Phi) is 4.01. The smallest absolute Gasteiger partial charge is 0.291 e. The van der Waals surface area contributed by atoms with Gasteiger partial charge >= 0.3 is 0 Å². The number of carbonyl (C=O) groups is 4. The average molecular weight is 405 g/mol. The van der Waals surface area contributed by atoms with Crippen LogP contribution in [0.15, 0.2) is 54.6 Å². The molecule has 0 aromatic heterocycles. The Balaban J connectivity index is 1.65. The zero-order valence-electron chi connectivity index (χ0n) is 16.1. The highest BCUT2D eigenvalue weighted by atomic mass is 16.2. The first-order chi connectivity index (χ1) is 14.4. The molecular weight excluding hydrogens is 384 g/mol. The molecule has 0 radical (unpaired) electrons. The van der Waals surface area contributed by atoms with Gasteiger partial charge in [-0.1, -0.05) is 36.4 Å². The van der Waals surface area contributed by atoms with Crippen LogP contribution >= 0.6 is 0 Å². The number of quaternary nitrogens is 1. The number of imide groups is 1. The molecule has 0 bridgehead atoms. The maximum absolute atomic E-state index is 13.6. The molecule has 3 aliphatic rings. The first kappa shape index (κ1) is 18.5. The van der Waals surface area contributed by atoms with Crippen molar-refractivity contribution in [3.8, 4) is 0 Å². The molecule has 2 aromatic rings. The number of rotatable bonds is 4. The summed E-state index contributed by atoms with van der Waals surface area (Å²) in [5.74, 6) is -3.08. The van der Waals surface area contributed by atoms with Crippen molar-refractivity contribution in [1.82, 2.24) is 0 Å².